The molecule has 2 aromatic rings. The van der Waals surface area contributed by atoms with Crippen molar-refractivity contribution in [3.63, 3.8) is 0 Å². The Kier molecular flexibility index (Phi) is 4.22. The molecule has 0 bridgehead atoms. The smallest absolute Gasteiger partial charge is 0.132 e. The van der Waals surface area contributed by atoms with Crippen molar-refractivity contribution in [1.29, 1.82) is 0 Å². The van der Waals surface area contributed by atoms with Gasteiger partial charge in [-0.25, -0.2) is 4.39 Å². The highest BCUT2D eigenvalue weighted by molar-refractivity contribution is 6.31. The first-order valence-electron chi connectivity index (χ1n) is 6.20. The molecule has 0 saturated carbocycles. The summed E-state index contributed by atoms with van der Waals surface area (Å²) in [6, 6.07) is 4.94. The average molecular weight is 283 g/mol. The Morgan fingerprint density at radius 3 is 2.89 bits per heavy atom. The lowest BCUT2D eigenvalue weighted by Crippen LogP contribution is -2.12. The fourth-order valence-electron chi connectivity index (χ4n) is 2.06. The predicted molar refractivity (Wildman–Crippen MR) is 72.7 cm³/mol. The third kappa shape index (κ3) is 2.65. The maximum Gasteiger partial charge on any atom is 0.132 e. The number of aliphatic hydroxyl groups excluding tert-OH is 1. The van der Waals surface area contributed by atoms with Crippen LogP contribution in [0.25, 0.3) is 0 Å². The number of benzene rings is 1. The van der Waals surface area contributed by atoms with E-state index in [4.69, 9.17) is 11.6 Å². The van der Waals surface area contributed by atoms with E-state index in [9.17, 15) is 9.50 Å². The van der Waals surface area contributed by atoms with Gasteiger partial charge in [-0.05, 0) is 18.9 Å². The molecule has 1 unspecified atom stereocenters. The number of hydrogen-bond donors (Lipinski definition) is 1. The van der Waals surface area contributed by atoms with Crippen molar-refractivity contribution in [3.8, 4) is 0 Å². The fourth-order valence-corrected chi connectivity index (χ4v) is 2.31. The molecule has 0 aliphatic rings. The van der Waals surface area contributed by atoms with Crippen molar-refractivity contribution in [2.45, 2.75) is 32.9 Å². The summed E-state index contributed by atoms with van der Waals surface area (Å²) in [6.07, 6.45) is 1.22. The summed E-state index contributed by atoms with van der Waals surface area (Å²) in [7, 11) is 0. The maximum atomic E-state index is 14.1. The Morgan fingerprint density at radius 2 is 2.21 bits per heavy atom. The molecule has 3 nitrogen and oxygen atoms in total. The monoisotopic (exact) mass is 282 g/mol. The first-order chi connectivity index (χ1) is 9.06. The van der Waals surface area contributed by atoms with E-state index in [0.29, 0.717) is 22.8 Å². The lowest BCUT2D eigenvalue weighted by atomic mass is 10.0. The molecular formula is C14H16ClFN2O. The summed E-state index contributed by atoms with van der Waals surface area (Å²) < 4.78 is 15.7. The van der Waals surface area contributed by atoms with E-state index in [0.717, 1.165) is 6.42 Å². The minimum absolute atomic E-state index is 0.222. The number of aromatic nitrogens is 2. The van der Waals surface area contributed by atoms with Gasteiger partial charge in [-0.3, -0.25) is 4.68 Å². The molecule has 0 aliphatic heterocycles. The summed E-state index contributed by atoms with van der Waals surface area (Å²) in [5, 5.41) is 14.8. The number of rotatable bonds is 4. The van der Waals surface area contributed by atoms with Crippen LogP contribution in [0.5, 0.6) is 0 Å². The Hall–Kier alpha value is -1.39. The molecule has 0 saturated heterocycles. The van der Waals surface area contributed by atoms with Crippen LogP contribution in [-0.4, -0.2) is 14.9 Å². The summed E-state index contributed by atoms with van der Waals surface area (Å²) in [4.78, 5) is 0. The van der Waals surface area contributed by atoms with Gasteiger partial charge in [0, 0.05) is 12.1 Å². The summed E-state index contributed by atoms with van der Waals surface area (Å²) in [5.41, 5.74) is 1.15. The molecule has 1 aromatic carbocycles. The Labute approximate surface area is 116 Å². The quantitative estimate of drug-likeness (QED) is 0.932. The van der Waals surface area contributed by atoms with Crippen molar-refractivity contribution in [2.24, 2.45) is 0 Å². The standard InChI is InChI=1S/C14H16ClFN2O/c1-3-7-18-13(11(15)8-17-18)14(19)10-6-4-5-9(2)12(10)16/h4-6,8,14,19H,3,7H2,1-2H3. The summed E-state index contributed by atoms with van der Waals surface area (Å²) in [5.74, 6) is -0.407. The third-order valence-electron chi connectivity index (χ3n) is 3.04. The molecule has 0 spiro atoms. The zero-order valence-electron chi connectivity index (χ0n) is 10.9. The summed E-state index contributed by atoms with van der Waals surface area (Å²) >= 11 is 6.05. The zero-order valence-corrected chi connectivity index (χ0v) is 11.7. The van der Waals surface area contributed by atoms with Crippen LogP contribution in [0.1, 0.15) is 36.3 Å². The lowest BCUT2D eigenvalue weighted by molar-refractivity contribution is 0.202. The highest BCUT2D eigenvalue weighted by Gasteiger charge is 2.22. The minimum Gasteiger partial charge on any atom is -0.382 e. The van der Waals surface area contributed by atoms with Gasteiger partial charge in [-0.2, -0.15) is 5.10 Å². The molecule has 1 aromatic heterocycles. The van der Waals surface area contributed by atoms with Crippen LogP contribution in [0.3, 0.4) is 0 Å². The largest absolute Gasteiger partial charge is 0.382 e. The molecule has 19 heavy (non-hydrogen) atoms. The zero-order chi connectivity index (χ0) is 14.0. The van der Waals surface area contributed by atoms with Gasteiger partial charge in [-0.1, -0.05) is 36.7 Å². The SMILES string of the molecule is CCCn1ncc(Cl)c1C(O)c1cccc(C)c1F. The Balaban J connectivity index is 2.46. The van der Waals surface area contributed by atoms with Crippen LogP contribution in [-0.2, 0) is 6.54 Å². The number of halogens is 2. The van der Waals surface area contributed by atoms with E-state index < -0.39 is 11.9 Å². The fraction of sp³-hybridized carbons (Fsp3) is 0.357. The molecule has 0 aliphatic carbocycles. The average Bonchev–Trinajstić information content (AvgIpc) is 2.74. The number of aliphatic hydroxyl groups is 1. The second-order valence-electron chi connectivity index (χ2n) is 4.48. The van der Waals surface area contributed by atoms with Crippen LogP contribution in [0.15, 0.2) is 24.4 Å². The van der Waals surface area contributed by atoms with Crippen LogP contribution in [0, 0.1) is 12.7 Å². The second kappa shape index (κ2) is 5.72. The lowest BCUT2D eigenvalue weighted by Gasteiger charge is -2.15. The predicted octanol–water partition coefficient (Wildman–Crippen LogP) is 3.48. The van der Waals surface area contributed by atoms with Gasteiger partial charge < -0.3 is 5.11 Å². The topological polar surface area (TPSA) is 38.0 Å². The van der Waals surface area contributed by atoms with Crippen molar-refractivity contribution in [3.05, 3.63) is 52.1 Å². The first-order valence-corrected chi connectivity index (χ1v) is 6.58. The van der Waals surface area contributed by atoms with E-state index >= 15 is 0 Å². The molecule has 5 heteroatoms. The Bertz CT molecular complexity index is 583. The van der Waals surface area contributed by atoms with E-state index in [-0.39, 0.29) is 5.56 Å². The highest BCUT2D eigenvalue weighted by atomic mass is 35.5. The molecule has 1 N–H and O–H groups in total. The minimum atomic E-state index is -1.11. The van der Waals surface area contributed by atoms with Gasteiger partial charge in [0.15, 0.2) is 0 Å². The third-order valence-corrected chi connectivity index (χ3v) is 3.34. The van der Waals surface area contributed by atoms with E-state index in [1.165, 1.54) is 6.20 Å². The van der Waals surface area contributed by atoms with Crippen LogP contribution < -0.4 is 0 Å². The van der Waals surface area contributed by atoms with Gasteiger partial charge >= 0.3 is 0 Å². The number of nitrogens with zero attached hydrogens (tertiary/aromatic N) is 2. The van der Waals surface area contributed by atoms with Crippen LogP contribution >= 0.6 is 11.6 Å². The number of aryl methyl sites for hydroxylation is 2. The Morgan fingerprint density at radius 1 is 1.47 bits per heavy atom. The van der Waals surface area contributed by atoms with E-state index in [1.807, 2.05) is 6.92 Å². The molecule has 0 fully saturated rings. The first kappa shape index (κ1) is 14.0. The van der Waals surface area contributed by atoms with Crippen LogP contribution in [0.4, 0.5) is 4.39 Å². The van der Waals surface area contributed by atoms with Gasteiger partial charge in [-0.15, -0.1) is 0 Å². The van der Waals surface area contributed by atoms with Crippen molar-refractivity contribution >= 4 is 11.6 Å². The van der Waals surface area contributed by atoms with Gasteiger partial charge in [0.2, 0.25) is 0 Å². The maximum absolute atomic E-state index is 14.1. The normalized spacial score (nSPS) is 12.7. The van der Waals surface area contributed by atoms with Crippen molar-refractivity contribution in [2.75, 3.05) is 0 Å². The molecule has 0 amide bonds. The second-order valence-corrected chi connectivity index (χ2v) is 4.89. The molecular weight excluding hydrogens is 267 g/mol. The number of hydrogen-bond acceptors (Lipinski definition) is 2. The molecule has 1 heterocycles. The van der Waals surface area contributed by atoms with Crippen molar-refractivity contribution < 1.29 is 9.50 Å². The molecule has 2 rings (SSSR count). The van der Waals surface area contributed by atoms with Crippen molar-refractivity contribution in [1.82, 2.24) is 9.78 Å². The van der Waals surface area contributed by atoms with Gasteiger partial charge in [0.05, 0.1) is 16.9 Å². The molecule has 1 atom stereocenters. The molecule has 0 radical (unpaired) electrons. The van der Waals surface area contributed by atoms with E-state index in [1.54, 1.807) is 29.8 Å². The van der Waals surface area contributed by atoms with Crippen LogP contribution in [0.2, 0.25) is 5.02 Å². The van der Waals surface area contributed by atoms with Gasteiger partial charge in [0.25, 0.3) is 0 Å². The van der Waals surface area contributed by atoms with E-state index in [2.05, 4.69) is 5.10 Å². The highest BCUT2D eigenvalue weighted by Crippen LogP contribution is 2.30. The molecule has 102 valence electrons. The summed E-state index contributed by atoms with van der Waals surface area (Å²) in [6.45, 7) is 4.29. The van der Waals surface area contributed by atoms with Gasteiger partial charge in [0.1, 0.15) is 11.9 Å².